The molecule has 0 saturated carbocycles. The summed E-state index contributed by atoms with van der Waals surface area (Å²) in [7, 11) is 0. The van der Waals surface area contributed by atoms with Crippen LogP contribution < -0.4 is 10.1 Å². The van der Waals surface area contributed by atoms with Gasteiger partial charge in [0.1, 0.15) is 11.4 Å². The fourth-order valence-corrected chi connectivity index (χ4v) is 3.86. The van der Waals surface area contributed by atoms with E-state index in [1.54, 1.807) is 0 Å². The Labute approximate surface area is 137 Å². The van der Waals surface area contributed by atoms with Gasteiger partial charge in [-0.05, 0) is 44.0 Å². The summed E-state index contributed by atoms with van der Waals surface area (Å²) in [5.41, 5.74) is 1.32. The van der Waals surface area contributed by atoms with Gasteiger partial charge in [0.2, 0.25) is 0 Å². The summed E-state index contributed by atoms with van der Waals surface area (Å²) in [6.45, 7) is 7.79. The molecule has 0 saturated heterocycles. The van der Waals surface area contributed by atoms with Crippen molar-refractivity contribution in [3.05, 3.63) is 28.2 Å². The summed E-state index contributed by atoms with van der Waals surface area (Å²) in [4.78, 5) is 0. The molecule has 0 amide bonds. The predicted molar refractivity (Wildman–Crippen MR) is 93.0 cm³/mol. The minimum atomic E-state index is 0.00966. The summed E-state index contributed by atoms with van der Waals surface area (Å²) in [5, 5.41) is 3.73. The Morgan fingerprint density at radius 2 is 1.90 bits per heavy atom. The maximum Gasteiger partial charge on any atom is 0.125 e. The molecule has 1 unspecified atom stereocenters. The first-order chi connectivity index (χ1) is 10.1. The number of hydrogen-bond donors (Lipinski definition) is 1. The average Bonchev–Trinajstić information content (AvgIpc) is 2.46. The van der Waals surface area contributed by atoms with E-state index in [1.807, 2.05) is 0 Å². The van der Waals surface area contributed by atoms with Crippen LogP contribution in [-0.2, 0) is 0 Å². The zero-order valence-electron chi connectivity index (χ0n) is 13.5. The standard InChI is InChI=1S/C18H28BrNO/c1-4-9-18(10-5-2)13-16(20-11-6-3)15-12-14(19)7-8-17(15)21-18/h7-8,12,16,20H,4-6,9-11,13H2,1-3H3. The Kier molecular flexibility index (Phi) is 6.12. The van der Waals surface area contributed by atoms with Crippen LogP contribution in [0.15, 0.2) is 22.7 Å². The second kappa shape index (κ2) is 7.64. The third-order valence-corrected chi connectivity index (χ3v) is 4.80. The van der Waals surface area contributed by atoms with E-state index < -0.39 is 0 Å². The lowest BCUT2D eigenvalue weighted by molar-refractivity contribution is 0.0129. The van der Waals surface area contributed by atoms with Gasteiger partial charge in [0.25, 0.3) is 0 Å². The molecule has 1 aromatic carbocycles. The van der Waals surface area contributed by atoms with Crippen molar-refractivity contribution < 1.29 is 4.74 Å². The molecule has 0 fully saturated rings. The molecule has 2 rings (SSSR count). The summed E-state index contributed by atoms with van der Waals surface area (Å²) in [6, 6.07) is 6.83. The molecule has 1 aliphatic rings. The smallest absolute Gasteiger partial charge is 0.125 e. The van der Waals surface area contributed by atoms with Crippen molar-refractivity contribution >= 4 is 15.9 Å². The van der Waals surface area contributed by atoms with Crippen LogP contribution in [0.2, 0.25) is 0 Å². The van der Waals surface area contributed by atoms with Gasteiger partial charge in [0, 0.05) is 22.5 Å². The number of benzene rings is 1. The number of rotatable bonds is 7. The number of nitrogens with one attached hydrogen (secondary N) is 1. The van der Waals surface area contributed by atoms with Gasteiger partial charge in [-0.1, -0.05) is 49.5 Å². The van der Waals surface area contributed by atoms with E-state index in [0.717, 1.165) is 42.5 Å². The van der Waals surface area contributed by atoms with Crippen LogP contribution in [0.4, 0.5) is 0 Å². The molecule has 0 aromatic heterocycles. The normalized spacial score (nSPS) is 19.9. The molecule has 0 aliphatic carbocycles. The van der Waals surface area contributed by atoms with Crippen molar-refractivity contribution in [3.63, 3.8) is 0 Å². The van der Waals surface area contributed by atoms with Crippen molar-refractivity contribution in [2.24, 2.45) is 0 Å². The van der Waals surface area contributed by atoms with Crippen LogP contribution in [0.5, 0.6) is 5.75 Å². The highest BCUT2D eigenvalue weighted by Gasteiger charge is 2.39. The quantitative estimate of drug-likeness (QED) is 0.687. The van der Waals surface area contributed by atoms with Crippen molar-refractivity contribution in [3.8, 4) is 5.75 Å². The van der Waals surface area contributed by atoms with Gasteiger partial charge in [-0.25, -0.2) is 0 Å². The van der Waals surface area contributed by atoms with E-state index in [-0.39, 0.29) is 5.60 Å². The fourth-order valence-electron chi connectivity index (χ4n) is 3.48. The zero-order valence-corrected chi connectivity index (χ0v) is 15.1. The van der Waals surface area contributed by atoms with Gasteiger partial charge in [-0.3, -0.25) is 0 Å². The molecular formula is C18H28BrNO. The SMILES string of the molecule is CCCNC1CC(CCC)(CCC)Oc2ccc(Br)cc21. The second-order valence-electron chi connectivity index (χ2n) is 6.18. The molecule has 1 N–H and O–H groups in total. The molecule has 0 spiro atoms. The molecule has 0 radical (unpaired) electrons. The lowest BCUT2D eigenvalue weighted by Crippen LogP contribution is -2.44. The summed E-state index contributed by atoms with van der Waals surface area (Å²) >= 11 is 3.59. The summed E-state index contributed by atoms with van der Waals surface area (Å²) in [5.74, 6) is 1.07. The van der Waals surface area contributed by atoms with E-state index in [0.29, 0.717) is 6.04 Å². The Morgan fingerprint density at radius 3 is 2.52 bits per heavy atom. The number of hydrogen-bond acceptors (Lipinski definition) is 2. The van der Waals surface area contributed by atoms with Gasteiger partial charge >= 0.3 is 0 Å². The number of halogens is 1. The van der Waals surface area contributed by atoms with E-state index in [2.05, 4.69) is 60.2 Å². The van der Waals surface area contributed by atoms with Crippen molar-refractivity contribution in [2.75, 3.05) is 6.54 Å². The highest BCUT2D eigenvalue weighted by Crippen LogP contribution is 2.44. The Balaban J connectivity index is 2.32. The van der Waals surface area contributed by atoms with E-state index in [1.165, 1.54) is 18.4 Å². The van der Waals surface area contributed by atoms with Crippen LogP contribution >= 0.6 is 15.9 Å². The molecule has 2 nitrogen and oxygen atoms in total. The van der Waals surface area contributed by atoms with Gasteiger partial charge in [0.05, 0.1) is 0 Å². The molecular weight excluding hydrogens is 326 g/mol. The zero-order chi connectivity index (χ0) is 15.3. The Bertz CT molecular complexity index is 455. The van der Waals surface area contributed by atoms with Crippen LogP contribution in [0.3, 0.4) is 0 Å². The highest BCUT2D eigenvalue weighted by molar-refractivity contribution is 9.10. The van der Waals surface area contributed by atoms with Crippen LogP contribution in [0.1, 0.15) is 70.9 Å². The molecule has 118 valence electrons. The molecule has 1 heterocycles. The lowest BCUT2D eigenvalue weighted by Gasteiger charge is -2.43. The number of fused-ring (bicyclic) bond motifs is 1. The Morgan fingerprint density at radius 1 is 1.19 bits per heavy atom. The van der Waals surface area contributed by atoms with Gasteiger partial charge in [0.15, 0.2) is 0 Å². The lowest BCUT2D eigenvalue weighted by atomic mass is 9.81. The van der Waals surface area contributed by atoms with Gasteiger partial charge in [-0.2, -0.15) is 0 Å². The first kappa shape index (κ1) is 16.8. The molecule has 3 heteroatoms. The molecule has 1 aromatic rings. The fraction of sp³-hybridized carbons (Fsp3) is 0.667. The van der Waals surface area contributed by atoms with E-state index in [4.69, 9.17) is 4.74 Å². The maximum absolute atomic E-state index is 6.50. The Hall–Kier alpha value is -0.540. The highest BCUT2D eigenvalue weighted by atomic mass is 79.9. The van der Waals surface area contributed by atoms with Gasteiger partial charge in [-0.15, -0.1) is 0 Å². The summed E-state index contributed by atoms with van der Waals surface area (Å²) in [6.07, 6.45) is 6.87. The number of ether oxygens (including phenoxy) is 1. The van der Waals surface area contributed by atoms with Crippen molar-refractivity contribution in [1.29, 1.82) is 0 Å². The molecule has 0 bridgehead atoms. The van der Waals surface area contributed by atoms with Crippen LogP contribution in [-0.4, -0.2) is 12.1 Å². The minimum Gasteiger partial charge on any atom is -0.487 e. The third kappa shape index (κ3) is 4.01. The predicted octanol–water partition coefficient (Wildman–Crippen LogP) is 5.61. The van der Waals surface area contributed by atoms with Crippen LogP contribution in [0, 0.1) is 0 Å². The topological polar surface area (TPSA) is 21.3 Å². The molecule has 1 atom stereocenters. The second-order valence-corrected chi connectivity index (χ2v) is 7.09. The molecule has 21 heavy (non-hydrogen) atoms. The molecule has 1 aliphatic heterocycles. The van der Waals surface area contributed by atoms with Crippen molar-refractivity contribution in [1.82, 2.24) is 5.32 Å². The monoisotopic (exact) mass is 353 g/mol. The maximum atomic E-state index is 6.50. The first-order valence-corrected chi connectivity index (χ1v) is 9.15. The third-order valence-electron chi connectivity index (χ3n) is 4.30. The first-order valence-electron chi connectivity index (χ1n) is 8.36. The van der Waals surface area contributed by atoms with Gasteiger partial charge < -0.3 is 10.1 Å². The summed E-state index contributed by atoms with van der Waals surface area (Å²) < 4.78 is 7.64. The largest absolute Gasteiger partial charge is 0.487 e. The average molecular weight is 354 g/mol. The van der Waals surface area contributed by atoms with E-state index >= 15 is 0 Å². The van der Waals surface area contributed by atoms with Crippen LogP contribution in [0.25, 0.3) is 0 Å². The van der Waals surface area contributed by atoms with Crippen molar-refractivity contribution in [2.45, 2.75) is 70.9 Å². The van der Waals surface area contributed by atoms with E-state index in [9.17, 15) is 0 Å². The minimum absolute atomic E-state index is 0.00966.